The first-order chi connectivity index (χ1) is 37.0. The zero-order chi connectivity index (χ0) is 54.3. The van der Waals surface area contributed by atoms with Crippen molar-refractivity contribution in [2.75, 3.05) is 13.2 Å². The van der Waals surface area contributed by atoms with E-state index < -0.39 is 6.10 Å². The monoisotopic (exact) mass is 1050 g/mol. The van der Waals surface area contributed by atoms with Gasteiger partial charge in [-0.2, -0.15) is 0 Å². The molecule has 1 unspecified atom stereocenters. The average molecular weight is 1050 g/mol. The minimum absolute atomic E-state index is 0.0671. The quantitative estimate of drug-likeness (QED) is 0.0261. The van der Waals surface area contributed by atoms with Crippen molar-refractivity contribution in [3.63, 3.8) is 0 Å². The van der Waals surface area contributed by atoms with Gasteiger partial charge >= 0.3 is 17.9 Å². The number of esters is 3. The molecular weight excluding hydrogens is 925 g/mol. The van der Waals surface area contributed by atoms with Gasteiger partial charge in [0.05, 0.1) is 0 Å². The van der Waals surface area contributed by atoms with Gasteiger partial charge in [-0.1, -0.05) is 327 Å². The highest BCUT2D eigenvalue weighted by Crippen LogP contribution is 2.18. The third-order valence-electron chi connectivity index (χ3n) is 15.1. The molecule has 1 atom stereocenters. The second kappa shape index (κ2) is 64.2. The van der Waals surface area contributed by atoms with Crippen molar-refractivity contribution in [2.45, 2.75) is 374 Å². The van der Waals surface area contributed by atoms with E-state index in [0.717, 1.165) is 70.6 Å². The van der Waals surface area contributed by atoms with E-state index in [-0.39, 0.29) is 31.1 Å². The summed E-state index contributed by atoms with van der Waals surface area (Å²) in [5.41, 5.74) is 0. The summed E-state index contributed by atoms with van der Waals surface area (Å²) in [4.78, 5) is 38.4. The Morgan fingerprint density at radius 2 is 0.480 bits per heavy atom. The van der Waals surface area contributed by atoms with E-state index in [2.05, 4.69) is 57.2 Å². The second-order valence-corrected chi connectivity index (χ2v) is 22.7. The summed E-state index contributed by atoms with van der Waals surface area (Å²) < 4.78 is 17.0. The zero-order valence-corrected chi connectivity index (χ0v) is 50.6. The molecule has 0 radical (unpaired) electrons. The molecule has 0 amide bonds. The molecule has 440 valence electrons. The molecule has 0 aromatic carbocycles. The summed E-state index contributed by atoms with van der Waals surface area (Å²) in [6.07, 6.45) is 78.6. The van der Waals surface area contributed by atoms with Crippen LogP contribution in [0.2, 0.25) is 0 Å². The van der Waals surface area contributed by atoms with Crippen LogP contribution in [0, 0.1) is 0 Å². The molecule has 0 aliphatic carbocycles. The van der Waals surface area contributed by atoms with Crippen molar-refractivity contribution >= 4 is 17.9 Å². The van der Waals surface area contributed by atoms with Gasteiger partial charge in [0.15, 0.2) is 6.10 Å². The second-order valence-electron chi connectivity index (χ2n) is 22.7. The van der Waals surface area contributed by atoms with Crippen LogP contribution >= 0.6 is 0 Å². The highest BCUT2D eigenvalue weighted by atomic mass is 16.6. The number of allylic oxidation sites excluding steroid dienone is 6. The molecule has 0 spiro atoms. The van der Waals surface area contributed by atoms with Crippen molar-refractivity contribution in [1.29, 1.82) is 0 Å². The standard InChI is InChI=1S/C69H128O6/c1-4-7-10-13-16-19-22-25-28-31-32-33-34-35-36-37-38-39-42-44-47-50-53-56-59-62-68(71)74-65-66(75-69(72)63-60-57-54-51-48-45-41-30-27-24-21-18-15-12-9-6-3)64-73-67(70)61-58-55-52-49-46-43-40-29-26-23-20-17-14-11-8-5-2/h22,25,31-32,34-35,66H,4-21,23-24,26-30,33,36-65H2,1-3H3/b25-22-,32-31-,35-34-. The van der Waals surface area contributed by atoms with Crippen LogP contribution in [0.25, 0.3) is 0 Å². The fraction of sp³-hybridized carbons (Fsp3) is 0.870. The van der Waals surface area contributed by atoms with E-state index in [1.54, 1.807) is 0 Å². The molecule has 75 heavy (non-hydrogen) atoms. The van der Waals surface area contributed by atoms with Gasteiger partial charge in [-0.05, 0) is 57.8 Å². The first kappa shape index (κ1) is 72.6. The molecule has 0 rings (SSSR count). The first-order valence-electron chi connectivity index (χ1n) is 33.5. The van der Waals surface area contributed by atoms with Crippen molar-refractivity contribution in [3.8, 4) is 0 Å². The minimum Gasteiger partial charge on any atom is -0.462 e. The van der Waals surface area contributed by atoms with Gasteiger partial charge in [0.1, 0.15) is 13.2 Å². The van der Waals surface area contributed by atoms with Crippen molar-refractivity contribution < 1.29 is 28.6 Å². The smallest absolute Gasteiger partial charge is 0.306 e. The third kappa shape index (κ3) is 62.4. The molecule has 0 N–H and O–H groups in total. The topological polar surface area (TPSA) is 78.9 Å². The van der Waals surface area contributed by atoms with Crippen LogP contribution in [-0.2, 0) is 28.6 Å². The molecule has 0 aliphatic rings. The highest BCUT2D eigenvalue weighted by Gasteiger charge is 2.19. The maximum atomic E-state index is 12.9. The third-order valence-corrected chi connectivity index (χ3v) is 15.1. The Kier molecular flexibility index (Phi) is 62.1. The lowest BCUT2D eigenvalue weighted by molar-refractivity contribution is -0.167. The minimum atomic E-state index is -0.770. The summed E-state index contributed by atoms with van der Waals surface area (Å²) in [5, 5.41) is 0. The number of hydrogen-bond acceptors (Lipinski definition) is 6. The van der Waals surface area contributed by atoms with E-state index in [1.165, 1.54) is 257 Å². The van der Waals surface area contributed by atoms with Crippen LogP contribution < -0.4 is 0 Å². The fourth-order valence-electron chi connectivity index (χ4n) is 10.1. The van der Waals surface area contributed by atoms with Gasteiger partial charge in [-0.15, -0.1) is 0 Å². The van der Waals surface area contributed by atoms with Crippen LogP contribution in [-0.4, -0.2) is 37.2 Å². The molecule has 0 aliphatic heterocycles. The Morgan fingerprint density at radius 1 is 0.267 bits per heavy atom. The van der Waals surface area contributed by atoms with Gasteiger partial charge in [-0.25, -0.2) is 0 Å². The van der Waals surface area contributed by atoms with Gasteiger partial charge in [0.2, 0.25) is 0 Å². The van der Waals surface area contributed by atoms with E-state index in [1.807, 2.05) is 0 Å². The van der Waals surface area contributed by atoms with Crippen molar-refractivity contribution in [2.24, 2.45) is 0 Å². The predicted octanol–water partition coefficient (Wildman–Crippen LogP) is 22.8. The zero-order valence-electron chi connectivity index (χ0n) is 50.6. The summed E-state index contributed by atoms with van der Waals surface area (Å²) >= 11 is 0. The lowest BCUT2D eigenvalue weighted by Gasteiger charge is -2.18. The molecule has 6 nitrogen and oxygen atoms in total. The SMILES string of the molecule is CCCCCCC/C=C\C/C=C\C/C=C\CCCCCCCCCCCCC(=O)OCC(COC(=O)CCCCCCCCCCCCCCCCCC)OC(=O)CCCCCCCCCCCCCCCCCC. The van der Waals surface area contributed by atoms with Crippen LogP contribution in [0.4, 0.5) is 0 Å². The molecule has 0 saturated carbocycles. The van der Waals surface area contributed by atoms with Crippen molar-refractivity contribution in [1.82, 2.24) is 0 Å². The predicted molar refractivity (Wildman–Crippen MR) is 326 cm³/mol. The molecule has 6 heteroatoms. The molecule has 0 fully saturated rings. The number of unbranched alkanes of at least 4 members (excludes halogenated alkanes) is 45. The van der Waals surface area contributed by atoms with Gasteiger partial charge in [-0.3, -0.25) is 14.4 Å². The van der Waals surface area contributed by atoms with Gasteiger partial charge in [0, 0.05) is 19.3 Å². The van der Waals surface area contributed by atoms with Crippen LogP contribution in [0.5, 0.6) is 0 Å². The summed E-state index contributed by atoms with van der Waals surface area (Å²) in [6, 6.07) is 0. The molecule has 0 aromatic heterocycles. The Bertz CT molecular complexity index is 1250. The Hall–Kier alpha value is -2.37. The van der Waals surface area contributed by atoms with E-state index in [4.69, 9.17) is 14.2 Å². The summed E-state index contributed by atoms with van der Waals surface area (Å²) in [6.45, 7) is 6.70. The van der Waals surface area contributed by atoms with Crippen molar-refractivity contribution in [3.05, 3.63) is 36.5 Å². The maximum Gasteiger partial charge on any atom is 0.306 e. The highest BCUT2D eigenvalue weighted by molar-refractivity contribution is 5.71. The van der Waals surface area contributed by atoms with E-state index in [0.29, 0.717) is 19.3 Å². The largest absolute Gasteiger partial charge is 0.462 e. The molecule has 0 saturated heterocycles. The lowest BCUT2D eigenvalue weighted by atomic mass is 10.0. The number of ether oxygens (including phenoxy) is 3. The van der Waals surface area contributed by atoms with E-state index >= 15 is 0 Å². The fourth-order valence-corrected chi connectivity index (χ4v) is 10.1. The Morgan fingerprint density at radius 3 is 0.747 bits per heavy atom. The molecule has 0 bridgehead atoms. The van der Waals surface area contributed by atoms with Crippen LogP contribution in [0.3, 0.4) is 0 Å². The normalized spacial score (nSPS) is 12.2. The first-order valence-corrected chi connectivity index (χ1v) is 33.5. The average Bonchev–Trinajstić information content (AvgIpc) is 3.41. The molecular formula is C69H128O6. The Labute approximate surface area is 467 Å². The Balaban J connectivity index is 4.28. The van der Waals surface area contributed by atoms with Gasteiger partial charge < -0.3 is 14.2 Å². The number of carbonyl (C=O) groups excluding carboxylic acids is 3. The summed E-state index contributed by atoms with van der Waals surface area (Å²) in [7, 11) is 0. The van der Waals surface area contributed by atoms with Crippen LogP contribution in [0.15, 0.2) is 36.5 Å². The molecule has 0 heterocycles. The number of rotatable bonds is 62. The number of hydrogen-bond donors (Lipinski definition) is 0. The maximum absolute atomic E-state index is 12.9. The summed E-state index contributed by atoms with van der Waals surface area (Å²) in [5.74, 6) is -0.843. The van der Waals surface area contributed by atoms with Crippen LogP contribution in [0.1, 0.15) is 367 Å². The van der Waals surface area contributed by atoms with E-state index in [9.17, 15) is 14.4 Å². The molecule has 0 aromatic rings. The number of carbonyl (C=O) groups is 3. The van der Waals surface area contributed by atoms with Gasteiger partial charge in [0.25, 0.3) is 0 Å². The lowest BCUT2D eigenvalue weighted by Crippen LogP contribution is -2.30.